The van der Waals surface area contributed by atoms with E-state index in [1.807, 2.05) is 18.2 Å². The predicted octanol–water partition coefficient (Wildman–Crippen LogP) is 4.60. The summed E-state index contributed by atoms with van der Waals surface area (Å²) < 4.78 is 12.2. The molecule has 152 valence electrons. The van der Waals surface area contributed by atoms with E-state index in [9.17, 15) is 4.79 Å². The molecule has 1 aliphatic rings. The maximum absolute atomic E-state index is 13.3. The number of thioether (sulfide) groups is 1. The molecule has 7 nitrogen and oxygen atoms in total. The number of Topliss-reactive ketones (excluding diaryl/α,β-unsaturated/α-hetero) is 1. The highest BCUT2D eigenvalue weighted by molar-refractivity contribution is 9.10. The zero-order valence-electron chi connectivity index (χ0n) is 16.0. The van der Waals surface area contributed by atoms with Crippen molar-refractivity contribution in [3.05, 3.63) is 65.2 Å². The van der Waals surface area contributed by atoms with Gasteiger partial charge in [-0.2, -0.15) is 4.98 Å². The highest BCUT2D eigenvalue weighted by atomic mass is 79.9. The summed E-state index contributed by atoms with van der Waals surface area (Å²) in [6, 6.07) is 12.6. The number of aromatic nitrogens is 3. The van der Waals surface area contributed by atoms with Gasteiger partial charge in [-0.05, 0) is 30.3 Å². The molecule has 9 heteroatoms. The Balaban J connectivity index is 1.79. The molecule has 3 aromatic rings. The second-order valence-corrected chi connectivity index (χ2v) is 8.15. The molecule has 0 fully saturated rings. The summed E-state index contributed by atoms with van der Waals surface area (Å²) in [5.74, 6) is 1.04. The average Bonchev–Trinajstić information content (AvgIpc) is 2.93. The second-order valence-electron chi connectivity index (χ2n) is 6.24. The first kappa shape index (κ1) is 20.4. The fourth-order valence-corrected chi connectivity index (χ4v) is 3.85. The number of anilines is 1. The van der Waals surface area contributed by atoms with Crippen molar-refractivity contribution in [1.29, 1.82) is 0 Å². The summed E-state index contributed by atoms with van der Waals surface area (Å²) in [5, 5.41) is 12.1. The third kappa shape index (κ3) is 4.03. The smallest absolute Gasteiger partial charge is 0.247 e. The van der Waals surface area contributed by atoms with E-state index in [2.05, 4.69) is 43.0 Å². The van der Waals surface area contributed by atoms with E-state index in [0.717, 1.165) is 10.0 Å². The monoisotopic (exact) mass is 484 g/mol. The summed E-state index contributed by atoms with van der Waals surface area (Å²) in [4.78, 5) is 17.8. The lowest BCUT2D eigenvalue weighted by Crippen LogP contribution is -2.35. The summed E-state index contributed by atoms with van der Waals surface area (Å²) in [7, 11) is 1.52. The summed E-state index contributed by atoms with van der Waals surface area (Å²) in [6.07, 6.45) is 0.735. The minimum absolute atomic E-state index is 0.231. The maximum atomic E-state index is 13.3. The molecule has 0 saturated heterocycles. The van der Waals surface area contributed by atoms with Crippen LogP contribution in [0.15, 0.2) is 64.7 Å². The lowest BCUT2D eigenvalue weighted by Gasteiger charge is -2.19. The van der Waals surface area contributed by atoms with Gasteiger partial charge in [0.15, 0.2) is 5.69 Å². The van der Waals surface area contributed by atoms with E-state index < -0.39 is 6.23 Å². The van der Waals surface area contributed by atoms with Gasteiger partial charge in [-0.1, -0.05) is 45.9 Å². The van der Waals surface area contributed by atoms with Crippen LogP contribution in [-0.4, -0.2) is 40.1 Å². The van der Waals surface area contributed by atoms with Crippen LogP contribution in [0.1, 0.15) is 10.4 Å². The van der Waals surface area contributed by atoms with Crippen LogP contribution in [0.2, 0.25) is 0 Å². The minimum Gasteiger partial charge on any atom is -0.496 e. The van der Waals surface area contributed by atoms with E-state index >= 15 is 0 Å². The van der Waals surface area contributed by atoms with Crippen LogP contribution >= 0.6 is 27.7 Å². The first-order valence-electron chi connectivity index (χ1n) is 8.99. The van der Waals surface area contributed by atoms with Crippen LogP contribution in [0.3, 0.4) is 0 Å². The molecule has 4 rings (SSSR count). The van der Waals surface area contributed by atoms with Gasteiger partial charge in [0, 0.05) is 21.5 Å². The first-order valence-corrected chi connectivity index (χ1v) is 10.8. The van der Waals surface area contributed by atoms with Crippen LogP contribution < -0.4 is 14.8 Å². The average molecular weight is 485 g/mol. The van der Waals surface area contributed by atoms with E-state index in [-0.39, 0.29) is 11.7 Å². The number of carbonyl (C=O) groups excluding carboxylic acids is 1. The number of nitrogens with zero attached hydrogens (tertiary/aromatic N) is 3. The molecular formula is C21H17BrN4O3S. The van der Waals surface area contributed by atoms with Gasteiger partial charge in [-0.3, -0.25) is 4.79 Å². The molecular weight excluding hydrogens is 468 g/mol. The molecule has 1 N–H and O–H groups in total. The standard InChI is InChI=1S/C21H17BrN4O3S/c1-3-10-30-21-24-19-17(25-26-21)14-11-12(22)8-9-15(14)23-20(29-19)18(27)13-6-4-5-7-16(13)28-2/h3-9,11,20,23H,1,10H2,2H3/t20-/m1/s1. The van der Waals surface area contributed by atoms with Gasteiger partial charge < -0.3 is 14.8 Å². The van der Waals surface area contributed by atoms with E-state index in [4.69, 9.17) is 9.47 Å². The van der Waals surface area contributed by atoms with Crippen molar-refractivity contribution < 1.29 is 14.3 Å². The van der Waals surface area contributed by atoms with E-state index in [1.54, 1.807) is 30.3 Å². The number of para-hydroxylation sites is 1. The van der Waals surface area contributed by atoms with Gasteiger partial charge in [-0.25, -0.2) is 0 Å². The van der Waals surface area contributed by atoms with Gasteiger partial charge in [0.05, 0.1) is 12.7 Å². The molecule has 30 heavy (non-hydrogen) atoms. The Hall–Kier alpha value is -2.91. The lowest BCUT2D eigenvalue weighted by molar-refractivity contribution is 0.0820. The number of ether oxygens (including phenoxy) is 2. The topological polar surface area (TPSA) is 86.2 Å². The molecule has 0 amide bonds. The molecule has 1 aromatic heterocycles. The third-order valence-corrected chi connectivity index (χ3v) is 5.66. The Morgan fingerprint density at radius 3 is 2.97 bits per heavy atom. The summed E-state index contributed by atoms with van der Waals surface area (Å²) >= 11 is 4.86. The van der Waals surface area contributed by atoms with Crippen molar-refractivity contribution in [1.82, 2.24) is 15.2 Å². The molecule has 1 atom stereocenters. The van der Waals surface area contributed by atoms with Gasteiger partial charge >= 0.3 is 0 Å². The van der Waals surface area contributed by atoms with Crippen LogP contribution in [0.5, 0.6) is 11.6 Å². The Labute approximate surface area is 186 Å². The van der Waals surface area contributed by atoms with Crippen molar-refractivity contribution in [2.24, 2.45) is 0 Å². The number of rotatable bonds is 6. The SMILES string of the molecule is C=CCSc1nnc2c(n1)O[C@H](C(=O)c1ccccc1OC)Nc1ccc(Br)cc1-2. The quantitative estimate of drug-likeness (QED) is 0.308. The molecule has 0 aliphatic carbocycles. The molecule has 0 saturated carbocycles. The van der Waals surface area contributed by atoms with Crippen LogP contribution in [0.4, 0.5) is 5.69 Å². The Bertz CT molecular complexity index is 1130. The zero-order chi connectivity index (χ0) is 21.1. The third-order valence-electron chi connectivity index (χ3n) is 4.33. The summed E-state index contributed by atoms with van der Waals surface area (Å²) in [6.45, 7) is 3.70. The zero-order valence-corrected chi connectivity index (χ0v) is 18.4. The second kappa shape index (κ2) is 8.85. The number of halogens is 1. The number of carbonyl (C=O) groups is 1. The number of hydrogen-bond acceptors (Lipinski definition) is 8. The van der Waals surface area contributed by atoms with Crippen molar-refractivity contribution in [2.75, 3.05) is 18.2 Å². The molecule has 0 radical (unpaired) electrons. The normalized spacial score (nSPS) is 14.4. The van der Waals surface area contributed by atoms with E-state index in [1.165, 1.54) is 18.9 Å². The maximum Gasteiger partial charge on any atom is 0.247 e. The van der Waals surface area contributed by atoms with Crippen LogP contribution in [-0.2, 0) is 0 Å². The Kier molecular flexibility index (Phi) is 6.01. The first-order chi connectivity index (χ1) is 14.6. The van der Waals surface area contributed by atoms with Gasteiger partial charge in [-0.15, -0.1) is 16.8 Å². The number of fused-ring (bicyclic) bond motifs is 3. The molecule has 0 spiro atoms. The molecule has 0 unspecified atom stereocenters. The van der Waals surface area contributed by atoms with Crippen molar-refractivity contribution in [3.8, 4) is 22.9 Å². The molecule has 2 aromatic carbocycles. The number of benzene rings is 2. The van der Waals surface area contributed by atoms with Crippen molar-refractivity contribution in [2.45, 2.75) is 11.4 Å². The van der Waals surface area contributed by atoms with Gasteiger partial charge in [0.2, 0.25) is 23.0 Å². The van der Waals surface area contributed by atoms with Gasteiger partial charge in [0.1, 0.15) is 5.75 Å². The highest BCUT2D eigenvalue weighted by Gasteiger charge is 2.31. The number of methoxy groups -OCH3 is 1. The van der Waals surface area contributed by atoms with Crippen LogP contribution in [0, 0.1) is 0 Å². The molecule has 1 aliphatic heterocycles. The van der Waals surface area contributed by atoms with Crippen LogP contribution in [0.25, 0.3) is 11.3 Å². The number of nitrogens with one attached hydrogen (secondary N) is 1. The summed E-state index contributed by atoms with van der Waals surface area (Å²) in [5.41, 5.74) is 2.28. The number of ketones is 1. The van der Waals surface area contributed by atoms with Crippen molar-refractivity contribution in [3.63, 3.8) is 0 Å². The Morgan fingerprint density at radius 2 is 2.17 bits per heavy atom. The van der Waals surface area contributed by atoms with E-state index in [0.29, 0.717) is 33.6 Å². The predicted molar refractivity (Wildman–Crippen MR) is 119 cm³/mol. The lowest BCUT2D eigenvalue weighted by atomic mass is 10.1. The Morgan fingerprint density at radius 1 is 1.33 bits per heavy atom. The minimum atomic E-state index is -1.02. The fourth-order valence-electron chi connectivity index (χ4n) is 2.97. The molecule has 0 bridgehead atoms. The fraction of sp³-hybridized carbons (Fsp3) is 0.143. The van der Waals surface area contributed by atoms with Crippen molar-refractivity contribution >= 4 is 39.2 Å². The number of hydrogen-bond donors (Lipinski definition) is 1. The largest absolute Gasteiger partial charge is 0.496 e. The highest BCUT2D eigenvalue weighted by Crippen LogP contribution is 2.38. The van der Waals surface area contributed by atoms with Gasteiger partial charge in [0.25, 0.3) is 0 Å². The molecule has 2 heterocycles.